The highest BCUT2D eigenvalue weighted by Crippen LogP contribution is 2.54. The minimum absolute atomic E-state index is 0.0443. The van der Waals surface area contributed by atoms with Crippen molar-refractivity contribution < 1.29 is 43.5 Å². The lowest BCUT2D eigenvalue weighted by molar-refractivity contribution is -0.639. The van der Waals surface area contributed by atoms with Crippen molar-refractivity contribution in [2.75, 3.05) is 31.0 Å². The van der Waals surface area contributed by atoms with E-state index in [4.69, 9.17) is 50.8 Å². The molecule has 187 valence electrons. The first-order chi connectivity index (χ1) is 16.3. The van der Waals surface area contributed by atoms with Crippen LogP contribution < -0.4 is 26.6 Å². The molecule has 0 bridgehead atoms. The number of ether oxygens (including phenoxy) is 5. The van der Waals surface area contributed by atoms with Gasteiger partial charge in [0.2, 0.25) is 6.23 Å². The van der Waals surface area contributed by atoms with Crippen molar-refractivity contribution in [1.82, 2.24) is 20.0 Å². The highest BCUT2D eigenvalue weighted by molar-refractivity contribution is 8.37. The summed E-state index contributed by atoms with van der Waals surface area (Å²) >= 11 is 5.44. The van der Waals surface area contributed by atoms with E-state index < -0.39 is 50.1 Å². The topological polar surface area (TPSA) is 190 Å². The Morgan fingerprint density at radius 3 is 2.88 bits per heavy atom. The van der Waals surface area contributed by atoms with E-state index in [0.717, 1.165) is 0 Å². The number of nitrogens with zero attached hydrogens (tertiary/aromatic N) is 4. The van der Waals surface area contributed by atoms with Crippen LogP contribution in [0.3, 0.4) is 0 Å². The van der Waals surface area contributed by atoms with Gasteiger partial charge in [0.05, 0.1) is 7.11 Å². The zero-order valence-electron chi connectivity index (χ0n) is 18.7. The summed E-state index contributed by atoms with van der Waals surface area (Å²) in [5.41, 5.74) is 6.35. The molecule has 2 fully saturated rings. The maximum Gasteiger partial charge on any atom is 0.326 e. The second-order valence-corrected chi connectivity index (χ2v) is 10.6. The maximum atomic E-state index is 11.8. The van der Waals surface area contributed by atoms with Crippen LogP contribution in [0.5, 0.6) is 0 Å². The van der Waals surface area contributed by atoms with Crippen molar-refractivity contribution >= 4 is 48.9 Å². The van der Waals surface area contributed by atoms with E-state index in [-0.39, 0.29) is 12.4 Å². The van der Waals surface area contributed by atoms with Crippen molar-refractivity contribution in [3.8, 4) is 0 Å². The van der Waals surface area contributed by atoms with Crippen LogP contribution in [0.25, 0.3) is 0 Å². The van der Waals surface area contributed by atoms with Gasteiger partial charge in [-0.3, -0.25) is 4.79 Å². The van der Waals surface area contributed by atoms with Crippen LogP contribution in [0.2, 0.25) is 0 Å². The van der Waals surface area contributed by atoms with Crippen molar-refractivity contribution in [2.24, 2.45) is 0 Å². The third-order valence-corrected chi connectivity index (χ3v) is 7.75. The molecule has 4 rings (SSSR count). The fourth-order valence-electron chi connectivity index (χ4n) is 3.69. The molecule has 0 amide bonds. The maximum absolute atomic E-state index is 11.8. The van der Waals surface area contributed by atoms with Crippen molar-refractivity contribution in [3.05, 3.63) is 6.33 Å². The summed E-state index contributed by atoms with van der Waals surface area (Å²) in [6, 6.07) is -0.765. The van der Waals surface area contributed by atoms with E-state index in [0.29, 0.717) is 18.1 Å². The molecule has 17 heteroatoms. The molecule has 2 saturated heterocycles. The number of anilines is 2. The minimum Gasteiger partial charge on any atom is -0.468 e. The number of aromatic nitrogens is 2. The number of nitrogen functional groups attached to an aromatic ring is 1. The highest BCUT2D eigenvalue weighted by atomic mass is 32.7. The summed E-state index contributed by atoms with van der Waals surface area (Å²) in [5.74, 6) is 3.59. The van der Waals surface area contributed by atoms with E-state index in [9.17, 15) is 4.79 Å². The Morgan fingerprint density at radius 2 is 2.18 bits per heavy atom. The predicted octanol–water partition coefficient (Wildman–Crippen LogP) is -1.73. The van der Waals surface area contributed by atoms with E-state index in [2.05, 4.69) is 25.9 Å². The SMILES string of the molecule is CCOC1O[C@@H]2[C@H](O1)[C@@H](CO[P+]([S-])(NC(C)C(=O)OC)O[NH3+])O[C@H]2N1C=[N+]c2c(N)ncnc21. The third-order valence-electron chi connectivity index (χ3n) is 5.27. The average molecular weight is 520 g/mol. The van der Waals surface area contributed by atoms with Gasteiger partial charge >= 0.3 is 5.97 Å². The number of quaternary nitrogens is 1. The Bertz CT molecular complexity index is 934. The lowest BCUT2D eigenvalue weighted by Crippen LogP contribution is -2.52. The molecule has 4 heterocycles. The number of hydrogen-bond acceptors (Lipinski definition) is 15. The zero-order chi connectivity index (χ0) is 24.5. The number of nitrogens with two attached hydrogens (primary N) is 1. The Kier molecular flexibility index (Phi) is 7.83. The summed E-state index contributed by atoms with van der Waals surface area (Å²) in [6.45, 7) is 2.87. The molecule has 1 radical (unpaired) electrons. The predicted molar refractivity (Wildman–Crippen MR) is 119 cm³/mol. The van der Waals surface area contributed by atoms with Crippen molar-refractivity contribution in [3.63, 3.8) is 0 Å². The molecular formula is C17H27N7O8PS+2. The second kappa shape index (κ2) is 10.5. The molecule has 3 aliphatic rings. The fraction of sp³-hybridized carbons (Fsp3) is 0.647. The van der Waals surface area contributed by atoms with E-state index in [1.807, 2.05) is 6.92 Å². The molecule has 34 heavy (non-hydrogen) atoms. The number of rotatable bonds is 10. The van der Waals surface area contributed by atoms with Gasteiger partial charge in [-0.25, -0.2) is 9.51 Å². The summed E-state index contributed by atoms with van der Waals surface area (Å²) in [7, 11) is -1.89. The van der Waals surface area contributed by atoms with Gasteiger partial charge in [-0.1, -0.05) is 0 Å². The number of esters is 1. The first-order valence-electron chi connectivity index (χ1n) is 10.3. The molecule has 15 nitrogen and oxygen atoms in total. The van der Waals surface area contributed by atoms with Crippen LogP contribution >= 0.6 is 7.07 Å². The molecular weight excluding hydrogens is 493 g/mol. The van der Waals surface area contributed by atoms with Crippen LogP contribution in [0.15, 0.2) is 6.33 Å². The van der Waals surface area contributed by atoms with Gasteiger partial charge in [0.15, 0.2) is 11.9 Å². The second-order valence-electron chi connectivity index (χ2n) is 7.39. The normalized spacial score (nSPS) is 30.1. The van der Waals surface area contributed by atoms with E-state index >= 15 is 0 Å². The molecule has 0 aromatic carbocycles. The van der Waals surface area contributed by atoms with Crippen LogP contribution in [0.4, 0.5) is 17.3 Å². The Hall–Kier alpha value is -1.72. The zero-order valence-corrected chi connectivity index (χ0v) is 20.4. The Balaban J connectivity index is 1.49. The van der Waals surface area contributed by atoms with Gasteiger partial charge in [0, 0.05) is 6.61 Å². The number of hydrogen-bond donors (Lipinski definition) is 3. The smallest absolute Gasteiger partial charge is 0.326 e. The number of carbonyl (C=O) groups is 1. The molecule has 6 N–H and O–H groups in total. The summed E-state index contributed by atoms with van der Waals surface area (Å²) in [5, 5.41) is 2.82. The van der Waals surface area contributed by atoms with E-state index in [1.54, 1.807) is 18.2 Å². The molecule has 1 aromatic heterocycles. The van der Waals surface area contributed by atoms with Crippen LogP contribution in [0.1, 0.15) is 13.8 Å². The lowest BCUT2D eigenvalue weighted by atomic mass is 10.1. The van der Waals surface area contributed by atoms with Gasteiger partial charge in [0.1, 0.15) is 31.2 Å². The van der Waals surface area contributed by atoms with Gasteiger partial charge in [0.25, 0.3) is 31.4 Å². The van der Waals surface area contributed by atoms with Crippen molar-refractivity contribution in [2.45, 2.75) is 50.9 Å². The summed E-state index contributed by atoms with van der Waals surface area (Å²) in [6.07, 6.45) is 0.437. The first-order valence-corrected chi connectivity index (χ1v) is 13.0. The number of nitrogens with one attached hydrogen (secondary N) is 1. The molecule has 0 spiro atoms. The average Bonchev–Trinajstić information content (AvgIpc) is 3.52. The van der Waals surface area contributed by atoms with Gasteiger partial charge in [-0.2, -0.15) is 15.8 Å². The van der Waals surface area contributed by atoms with Crippen LogP contribution in [-0.4, -0.2) is 79.7 Å². The molecule has 0 saturated carbocycles. The molecule has 0 aliphatic carbocycles. The quantitative estimate of drug-likeness (QED) is 0.136. The van der Waals surface area contributed by atoms with E-state index in [1.165, 1.54) is 13.4 Å². The third kappa shape index (κ3) is 4.97. The summed E-state index contributed by atoms with van der Waals surface area (Å²) < 4.78 is 39.3. The fourth-order valence-corrected chi connectivity index (χ4v) is 5.49. The highest BCUT2D eigenvalue weighted by Gasteiger charge is 2.59. The molecule has 1 aromatic rings. The Morgan fingerprint density at radius 1 is 1.41 bits per heavy atom. The van der Waals surface area contributed by atoms with Gasteiger partial charge < -0.3 is 41.7 Å². The molecule has 7 atom stereocenters. The van der Waals surface area contributed by atoms with Crippen LogP contribution in [-0.2, 0) is 49.9 Å². The monoisotopic (exact) mass is 520 g/mol. The number of carbonyl (C=O) groups excluding carboxylic acids is 1. The standard InChI is InChI=1S/C17H27N7O8PS/c1-4-27-17-30-11-9(5-28-33(34,32-19)23-8(2)16(25)26-3)29-15(12(11)31-17)24-7-22-10-13(18)20-6-21-14(10)24/h6-9,11-12,15,17H,4-5H2,1-3,19H3,(H,23,34)(H2,18,20,21)/q+2/t8?,9-,11-,12-,15-,17?,33?/m1/s1. The minimum atomic E-state index is -3.16. The molecule has 3 aliphatic heterocycles. The lowest BCUT2D eigenvalue weighted by Gasteiger charge is -2.27. The van der Waals surface area contributed by atoms with Gasteiger partial charge in [-0.15, -0.1) is 5.09 Å². The number of methoxy groups -OCH3 is 1. The van der Waals surface area contributed by atoms with Crippen molar-refractivity contribution in [1.29, 1.82) is 0 Å². The Labute approximate surface area is 201 Å². The summed E-state index contributed by atoms with van der Waals surface area (Å²) in [4.78, 5) is 26.0. The largest absolute Gasteiger partial charge is 0.468 e. The molecule has 3 unspecified atom stereocenters. The first kappa shape index (κ1) is 25.4. The van der Waals surface area contributed by atoms with Gasteiger partial charge in [-0.05, 0) is 23.5 Å². The number of aliphatic imine (C=N–C) groups is 1. The van der Waals surface area contributed by atoms with Crippen LogP contribution in [0, 0.1) is 0 Å². The number of fused-ring (bicyclic) bond motifs is 2.